The van der Waals surface area contributed by atoms with E-state index in [-0.39, 0.29) is 11.9 Å². The van der Waals surface area contributed by atoms with Crippen LogP contribution < -0.4 is 9.64 Å². The summed E-state index contributed by atoms with van der Waals surface area (Å²) in [7, 11) is 2.12. The number of anilines is 1. The number of carbonyl (C=O) groups is 1. The van der Waals surface area contributed by atoms with Gasteiger partial charge in [-0.1, -0.05) is 12.1 Å². The van der Waals surface area contributed by atoms with Gasteiger partial charge in [-0.3, -0.25) is 4.79 Å². The normalized spacial score (nSPS) is 34.0. The predicted molar refractivity (Wildman–Crippen MR) is 112 cm³/mol. The number of ether oxygens (including phenoxy) is 1. The molecule has 4 aliphatic carbocycles. The molecule has 0 aromatic heterocycles. The molecule has 0 amide bonds. The van der Waals surface area contributed by atoms with Gasteiger partial charge in [0.05, 0.1) is 11.6 Å². The maximum absolute atomic E-state index is 13.2. The van der Waals surface area contributed by atoms with E-state index >= 15 is 0 Å². The van der Waals surface area contributed by atoms with Gasteiger partial charge in [0.15, 0.2) is 5.75 Å². The van der Waals surface area contributed by atoms with Crippen molar-refractivity contribution in [3.05, 3.63) is 24.3 Å². The van der Waals surface area contributed by atoms with E-state index in [0.717, 1.165) is 36.4 Å². The minimum atomic E-state index is 0.0363. The van der Waals surface area contributed by atoms with Crippen molar-refractivity contribution < 1.29 is 9.53 Å². The Balaban J connectivity index is 1.25. The number of rotatable bonds is 6. The van der Waals surface area contributed by atoms with Gasteiger partial charge in [-0.05, 0) is 93.8 Å². The van der Waals surface area contributed by atoms with Crippen molar-refractivity contribution in [1.29, 1.82) is 0 Å². The summed E-state index contributed by atoms with van der Waals surface area (Å²) < 4.78 is 6.07. The summed E-state index contributed by atoms with van der Waals surface area (Å²) in [5.41, 5.74) is 1.04. The Morgan fingerprint density at radius 3 is 2.36 bits per heavy atom. The number of hydrogen-bond donors (Lipinski definition) is 0. The van der Waals surface area contributed by atoms with Gasteiger partial charge in [0.25, 0.3) is 0 Å². The molecule has 28 heavy (non-hydrogen) atoms. The van der Waals surface area contributed by atoms with Gasteiger partial charge >= 0.3 is 5.97 Å². The largest absolute Gasteiger partial charge is 0.424 e. The lowest BCUT2D eigenvalue weighted by molar-refractivity contribution is -0.152. The van der Waals surface area contributed by atoms with E-state index in [1.165, 1.54) is 58.0 Å². The zero-order chi connectivity index (χ0) is 19.1. The van der Waals surface area contributed by atoms with Crippen LogP contribution in [0.3, 0.4) is 0 Å². The van der Waals surface area contributed by atoms with Crippen molar-refractivity contribution in [3.63, 3.8) is 0 Å². The quantitative estimate of drug-likeness (QED) is 0.545. The van der Waals surface area contributed by atoms with Crippen LogP contribution in [0.25, 0.3) is 0 Å². The molecule has 5 aliphatic rings. The average Bonchev–Trinajstić information content (AvgIpc) is 3.19. The molecule has 0 radical (unpaired) electrons. The van der Waals surface area contributed by atoms with E-state index in [2.05, 4.69) is 22.9 Å². The molecule has 1 aromatic carbocycles. The first kappa shape index (κ1) is 18.5. The smallest absolute Gasteiger partial charge is 0.314 e. The first-order valence-electron chi connectivity index (χ1n) is 11.4. The Kier molecular flexibility index (Phi) is 5.08. The number of hydrogen-bond acceptors (Lipinski definition) is 4. The van der Waals surface area contributed by atoms with E-state index in [9.17, 15) is 4.79 Å². The maximum Gasteiger partial charge on any atom is 0.314 e. The molecular formula is C24H34N2O2. The summed E-state index contributed by atoms with van der Waals surface area (Å²) >= 11 is 0. The third kappa shape index (κ3) is 3.56. The van der Waals surface area contributed by atoms with E-state index < -0.39 is 0 Å². The van der Waals surface area contributed by atoms with Crippen molar-refractivity contribution in [2.75, 3.05) is 38.1 Å². The van der Waals surface area contributed by atoms with E-state index in [0.29, 0.717) is 11.8 Å². The van der Waals surface area contributed by atoms with Crippen LogP contribution in [0.15, 0.2) is 24.3 Å². The zero-order valence-corrected chi connectivity index (χ0v) is 17.2. The van der Waals surface area contributed by atoms with Gasteiger partial charge in [-0.15, -0.1) is 0 Å². The molecule has 152 valence electrons. The molecule has 1 saturated heterocycles. The van der Waals surface area contributed by atoms with Gasteiger partial charge in [-0.25, -0.2) is 0 Å². The van der Waals surface area contributed by atoms with Crippen LogP contribution in [0.4, 0.5) is 5.69 Å². The standard InChI is InChI=1S/C24H34N2O2/c1-25(10-11-26-8-4-5-9-26)21-6-2-3-7-22(21)28-24(27)23-19-13-17-12-18(15-19)16-20(23)14-17/h2-3,6-7,17-20,23H,4-5,8-16H2,1H3. The fraction of sp³-hybridized carbons (Fsp3) is 0.708. The summed E-state index contributed by atoms with van der Waals surface area (Å²) in [6.07, 6.45) is 9.08. The van der Waals surface area contributed by atoms with Gasteiger partial charge in [0, 0.05) is 20.1 Å². The van der Waals surface area contributed by atoms with Gasteiger partial charge < -0.3 is 14.5 Å². The lowest BCUT2D eigenvalue weighted by Crippen LogP contribution is -2.49. The summed E-state index contributed by atoms with van der Waals surface area (Å²) in [6, 6.07) is 8.08. The van der Waals surface area contributed by atoms with E-state index in [1.54, 1.807) is 0 Å². The number of para-hydroxylation sites is 2. The SMILES string of the molecule is CN(CCN1CCCC1)c1ccccc1OC(=O)C1C2CC3CC(C2)CC1C3. The molecule has 4 saturated carbocycles. The number of likely N-dealkylation sites (tertiary alicyclic amines) is 1. The molecular weight excluding hydrogens is 348 g/mol. The zero-order valence-electron chi connectivity index (χ0n) is 17.2. The third-order valence-corrected chi connectivity index (χ3v) is 7.94. The first-order chi connectivity index (χ1) is 13.7. The topological polar surface area (TPSA) is 32.8 Å². The fourth-order valence-electron chi connectivity index (χ4n) is 6.76. The van der Waals surface area contributed by atoms with Crippen molar-refractivity contribution in [3.8, 4) is 5.75 Å². The molecule has 4 nitrogen and oxygen atoms in total. The van der Waals surface area contributed by atoms with Gasteiger partial charge in [-0.2, -0.15) is 0 Å². The highest BCUT2D eigenvalue weighted by Crippen LogP contribution is 2.56. The number of benzene rings is 1. The third-order valence-electron chi connectivity index (χ3n) is 7.94. The molecule has 1 heterocycles. The van der Waals surface area contributed by atoms with Crippen molar-refractivity contribution in [2.45, 2.75) is 44.9 Å². The van der Waals surface area contributed by atoms with Crippen LogP contribution >= 0.6 is 0 Å². The Hall–Kier alpha value is -1.55. The highest BCUT2D eigenvalue weighted by molar-refractivity contribution is 5.78. The molecule has 1 aromatic rings. The molecule has 0 atom stereocenters. The number of likely N-dealkylation sites (N-methyl/N-ethyl adjacent to an activating group) is 1. The molecule has 4 heteroatoms. The van der Waals surface area contributed by atoms with Crippen molar-refractivity contribution >= 4 is 11.7 Å². The minimum Gasteiger partial charge on any atom is -0.424 e. The Bertz CT molecular complexity index is 684. The Labute approximate surface area is 169 Å². The second-order valence-corrected chi connectivity index (χ2v) is 9.82. The Morgan fingerprint density at radius 2 is 1.68 bits per heavy atom. The Morgan fingerprint density at radius 1 is 1.04 bits per heavy atom. The van der Waals surface area contributed by atoms with Crippen LogP contribution in [0.1, 0.15) is 44.9 Å². The van der Waals surface area contributed by atoms with E-state index in [1.807, 2.05) is 18.2 Å². The van der Waals surface area contributed by atoms with Gasteiger partial charge in [0.2, 0.25) is 0 Å². The molecule has 4 bridgehead atoms. The minimum absolute atomic E-state index is 0.0363. The van der Waals surface area contributed by atoms with Crippen molar-refractivity contribution in [1.82, 2.24) is 4.90 Å². The average molecular weight is 383 g/mol. The predicted octanol–water partition coefficient (Wildman–Crippen LogP) is 4.20. The van der Waals surface area contributed by atoms with Gasteiger partial charge in [0.1, 0.15) is 0 Å². The fourth-order valence-corrected chi connectivity index (χ4v) is 6.76. The summed E-state index contributed by atoms with van der Waals surface area (Å²) in [4.78, 5) is 18.0. The molecule has 0 unspecified atom stereocenters. The summed E-state index contributed by atoms with van der Waals surface area (Å²) in [5.74, 6) is 3.83. The van der Waals surface area contributed by atoms with Crippen LogP contribution in [0.5, 0.6) is 5.75 Å². The highest BCUT2D eigenvalue weighted by atomic mass is 16.5. The maximum atomic E-state index is 13.2. The lowest BCUT2D eigenvalue weighted by atomic mass is 9.52. The molecule has 0 spiro atoms. The number of carbonyl (C=O) groups excluding carboxylic acids is 1. The molecule has 5 fully saturated rings. The van der Waals surface area contributed by atoms with Crippen LogP contribution in [0.2, 0.25) is 0 Å². The lowest BCUT2D eigenvalue weighted by Gasteiger charge is -2.53. The van der Waals surface area contributed by atoms with E-state index in [4.69, 9.17) is 4.74 Å². The number of esters is 1. The second-order valence-electron chi connectivity index (χ2n) is 9.82. The van der Waals surface area contributed by atoms with Crippen LogP contribution in [0, 0.1) is 29.6 Å². The molecule has 1 aliphatic heterocycles. The first-order valence-corrected chi connectivity index (χ1v) is 11.4. The summed E-state index contributed by atoms with van der Waals surface area (Å²) in [6.45, 7) is 4.48. The molecule has 0 N–H and O–H groups in total. The van der Waals surface area contributed by atoms with Crippen LogP contribution in [-0.4, -0.2) is 44.1 Å². The summed E-state index contributed by atoms with van der Waals surface area (Å²) in [5, 5.41) is 0. The highest BCUT2D eigenvalue weighted by Gasteiger charge is 2.51. The monoisotopic (exact) mass is 382 g/mol. The molecule has 6 rings (SSSR count). The number of nitrogens with zero attached hydrogens (tertiary/aromatic N) is 2. The van der Waals surface area contributed by atoms with Crippen molar-refractivity contribution in [2.24, 2.45) is 29.6 Å². The van der Waals surface area contributed by atoms with Crippen LogP contribution in [-0.2, 0) is 4.79 Å². The second kappa shape index (κ2) is 7.70.